The smallest absolute Gasteiger partial charge is 0.115 e. The highest BCUT2D eigenvalue weighted by Gasteiger charge is 2.20. The Morgan fingerprint density at radius 1 is 1.11 bits per heavy atom. The van der Waals surface area contributed by atoms with Gasteiger partial charge >= 0.3 is 0 Å². The molecule has 0 aromatic heterocycles. The molecule has 0 bridgehead atoms. The summed E-state index contributed by atoms with van der Waals surface area (Å²) in [6.45, 7) is 0.803. The lowest BCUT2D eigenvalue weighted by Gasteiger charge is -2.25. The van der Waals surface area contributed by atoms with E-state index in [9.17, 15) is 5.11 Å². The Morgan fingerprint density at radius 2 is 1.89 bits per heavy atom. The van der Waals surface area contributed by atoms with E-state index < -0.39 is 0 Å². The van der Waals surface area contributed by atoms with E-state index in [0.717, 1.165) is 23.7 Å². The SMILES string of the molecule is Oc1ccc(SCC2OCCc3ccccc32)cc1. The van der Waals surface area contributed by atoms with Gasteiger partial charge in [-0.3, -0.25) is 0 Å². The van der Waals surface area contributed by atoms with E-state index in [1.807, 2.05) is 12.1 Å². The molecule has 0 fully saturated rings. The minimum atomic E-state index is 0.170. The molecule has 3 heteroatoms. The lowest BCUT2D eigenvalue weighted by molar-refractivity contribution is 0.0588. The van der Waals surface area contributed by atoms with Gasteiger partial charge in [-0.05, 0) is 41.8 Å². The average molecular weight is 272 g/mol. The predicted octanol–water partition coefficient (Wildman–Crippen LogP) is 3.80. The molecule has 2 nitrogen and oxygen atoms in total. The lowest BCUT2D eigenvalue weighted by Crippen LogP contribution is -2.17. The molecular formula is C16H16O2S. The standard InChI is InChI=1S/C16H16O2S/c17-13-5-7-14(8-6-13)19-11-16-15-4-2-1-3-12(15)9-10-18-16/h1-8,16-17H,9-11H2. The first-order valence-electron chi connectivity index (χ1n) is 6.44. The van der Waals surface area contributed by atoms with Crippen LogP contribution in [0.5, 0.6) is 5.75 Å². The van der Waals surface area contributed by atoms with Crippen LogP contribution < -0.4 is 0 Å². The maximum absolute atomic E-state index is 9.27. The van der Waals surface area contributed by atoms with Crippen molar-refractivity contribution < 1.29 is 9.84 Å². The average Bonchev–Trinajstić information content (AvgIpc) is 2.47. The Balaban J connectivity index is 1.69. The van der Waals surface area contributed by atoms with Gasteiger partial charge in [-0.15, -0.1) is 11.8 Å². The second-order valence-corrected chi connectivity index (χ2v) is 5.71. The van der Waals surface area contributed by atoms with Gasteiger partial charge in [-0.25, -0.2) is 0 Å². The van der Waals surface area contributed by atoms with Crippen molar-refractivity contribution in [3.05, 3.63) is 59.7 Å². The molecule has 0 saturated heterocycles. The van der Waals surface area contributed by atoms with Gasteiger partial charge in [0.05, 0.1) is 12.7 Å². The van der Waals surface area contributed by atoms with E-state index in [2.05, 4.69) is 24.3 Å². The van der Waals surface area contributed by atoms with Crippen molar-refractivity contribution >= 4 is 11.8 Å². The molecule has 2 aromatic rings. The van der Waals surface area contributed by atoms with Crippen molar-refractivity contribution in [1.82, 2.24) is 0 Å². The Hall–Kier alpha value is -1.45. The van der Waals surface area contributed by atoms with E-state index in [1.54, 1.807) is 23.9 Å². The van der Waals surface area contributed by atoms with Gasteiger partial charge < -0.3 is 9.84 Å². The molecule has 3 rings (SSSR count). The van der Waals surface area contributed by atoms with Gasteiger partial charge in [-0.2, -0.15) is 0 Å². The van der Waals surface area contributed by atoms with Crippen LogP contribution >= 0.6 is 11.8 Å². The third-order valence-electron chi connectivity index (χ3n) is 3.33. The molecule has 0 spiro atoms. The van der Waals surface area contributed by atoms with Crippen LogP contribution in [0.4, 0.5) is 0 Å². The molecule has 1 N–H and O–H groups in total. The summed E-state index contributed by atoms with van der Waals surface area (Å²) in [6.07, 6.45) is 1.18. The number of aromatic hydroxyl groups is 1. The zero-order valence-electron chi connectivity index (χ0n) is 10.6. The first kappa shape index (κ1) is 12.6. The van der Waals surface area contributed by atoms with E-state index in [4.69, 9.17) is 4.74 Å². The highest BCUT2D eigenvalue weighted by Crippen LogP contribution is 2.32. The first-order chi connectivity index (χ1) is 9.33. The van der Waals surface area contributed by atoms with Gasteiger partial charge in [0.15, 0.2) is 0 Å². The number of hydrogen-bond donors (Lipinski definition) is 1. The molecule has 0 aliphatic carbocycles. The first-order valence-corrected chi connectivity index (χ1v) is 7.43. The van der Waals surface area contributed by atoms with Gasteiger partial charge in [0.1, 0.15) is 5.75 Å². The molecule has 0 amide bonds. The highest BCUT2D eigenvalue weighted by molar-refractivity contribution is 7.99. The summed E-state index contributed by atoms with van der Waals surface area (Å²) in [4.78, 5) is 1.16. The number of hydrogen-bond acceptors (Lipinski definition) is 3. The molecule has 1 heterocycles. The second kappa shape index (κ2) is 5.68. The molecule has 19 heavy (non-hydrogen) atoms. The van der Waals surface area contributed by atoms with Crippen LogP contribution in [0.25, 0.3) is 0 Å². The quantitative estimate of drug-likeness (QED) is 0.862. The Kier molecular flexibility index (Phi) is 3.76. The molecular weight excluding hydrogens is 256 g/mol. The van der Waals surface area contributed by atoms with Crippen LogP contribution in [0.1, 0.15) is 17.2 Å². The molecule has 0 radical (unpaired) electrons. The lowest BCUT2D eigenvalue weighted by atomic mass is 9.99. The summed E-state index contributed by atoms with van der Waals surface area (Å²) in [5.41, 5.74) is 2.73. The van der Waals surface area contributed by atoms with Crippen molar-refractivity contribution in [3.8, 4) is 5.75 Å². The van der Waals surface area contributed by atoms with Crippen LogP contribution in [0.15, 0.2) is 53.4 Å². The van der Waals surface area contributed by atoms with Gasteiger partial charge in [0.25, 0.3) is 0 Å². The Labute approximate surface area is 117 Å². The highest BCUT2D eigenvalue weighted by atomic mass is 32.2. The number of fused-ring (bicyclic) bond motifs is 1. The molecule has 1 unspecified atom stereocenters. The fraction of sp³-hybridized carbons (Fsp3) is 0.250. The molecule has 1 aliphatic heterocycles. The van der Waals surface area contributed by atoms with Crippen molar-refractivity contribution in [3.63, 3.8) is 0 Å². The maximum Gasteiger partial charge on any atom is 0.115 e. The summed E-state index contributed by atoms with van der Waals surface area (Å²) in [5, 5.41) is 9.27. The Morgan fingerprint density at radius 3 is 2.74 bits per heavy atom. The number of ether oxygens (including phenoxy) is 1. The van der Waals surface area contributed by atoms with Crippen molar-refractivity contribution in [2.75, 3.05) is 12.4 Å². The summed E-state index contributed by atoms with van der Waals surface area (Å²) in [7, 11) is 0. The van der Waals surface area contributed by atoms with E-state index in [0.29, 0.717) is 5.75 Å². The molecule has 1 aliphatic rings. The monoisotopic (exact) mass is 272 g/mol. The minimum absolute atomic E-state index is 0.170. The third-order valence-corrected chi connectivity index (χ3v) is 4.41. The van der Waals surface area contributed by atoms with Gasteiger partial charge in [-0.1, -0.05) is 24.3 Å². The van der Waals surface area contributed by atoms with Crippen molar-refractivity contribution in [1.29, 1.82) is 0 Å². The van der Waals surface area contributed by atoms with Crippen LogP contribution in [0, 0.1) is 0 Å². The summed E-state index contributed by atoms with van der Waals surface area (Å²) in [6, 6.07) is 15.8. The predicted molar refractivity (Wildman–Crippen MR) is 77.7 cm³/mol. The number of rotatable bonds is 3. The van der Waals surface area contributed by atoms with Crippen LogP contribution in [0.2, 0.25) is 0 Å². The molecule has 2 aromatic carbocycles. The van der Waals surface area contributed by atoms with Crippen molar-refractivity contribution in [2.24, 2.45) is 0 Å². The second-order valence-electron chi connectivity index (χ2n) is 4.61. The van der Waals surface area contributed by atoms with E-state index in [1.165, 1.54) is 11.1 Å². The molecule has 0 saturated carbocycles. The third kappa shape index (κ3) is 2.94. The topological polar surface area (TPSA) is 29.5 Å². The van der Waals surface area contributed by atoms with Gasteiger partial charge in [0.2, 0.25) is 0 Å². The largest absolute Gasteiger partial charge is 0.508 e. The number of benzene rings is 2. The fourth-order valence-electron chi connectivity index (χ4n) is 2.33. The number of phenols is 1. The van der Waals surface area contributed by atoms with Crippen LogP contribution in [-0.2, 0) is 11.2 Å². The summed E-state index contributed by atoms with van der Waals surface area (Å²) >= 11 is 1.76. The van der Waals surface area contributed by atoms with Crippen LogP contribution in [-0.4, -0.2) is 17.5 Å². The molecule has 98 valence electrons. The van der Waals surface area contributed by atoms with Crippen LogP contribution in [0.3, 0.4) is 0 Å². The fourth-order valence-corrected chi connectivity index (χ4v) is 3.28. The summed E-state index contributed by atoms with van der Waals surface area (Å²) in [5.74, 6) is 1.21. The minimum Gasteiger partial charge on any atom is -0.508 e. The molecule has 1 atom stereocenters. The maximum atomic E-state index is 9.27. The number of thioether (sulfide) groups is 1. The zero-order valence-corrected chi connectivity index (χ0v) is 11.4. The normalized spacial score (nSPS) is 18.0. The van der Waals surface area contributed by atoms with Gasteiger partial charge in [0, 0.05) is 10.6 Å². The summed E-state index contributed by atoms with van der Waals surface area (Å²) < 4.78 is 5.88. The Bertz CT molecular complexity index is 551. The zero-order chi connectivity index (χ0) is 13.1. The number of phenolic OH excluding ortho intramolecular Hbond substituents is 1. The van der Waals surface area contributed by atoms with Crippen molar-refractivity contribution in [2.45, 2.75) is 17.4 Å². The van der Waals surface area contributed by atoms with E-state index >= 15 is 0 Å². The van der Waals surface area contributed by atoms with E-state index in [-0.39, 0.29) is 6.10 Å².